The van der Waals surface area contributed by atoms with E-state index in [2.05, 4.69) is 0 Å². The summed E-state index contributed by atoms with van der Waals surface area (Å²) in [6.45, 7) is 0.899. The number of nitro groups is 1. The van der Waals surface area contributed by atoms with E-state index in [1.165, 1.54) is 18.9 Å². The summed E-state index contributed by atoms with van der Waals surface area (Å²) in [5.74, 6) is 0. The molecule has 2 N–H and O–H groups in total. The molecule has 0 aromatic heterocycles. The lowest BCUT2D eigenvalue weighted by molar-refractivity contribution is -0.384. The third kappa shape index (κ3) is 4.28. The van der Waals surface area contributed by atoms with Crippen LogP contribution in [0.5, 0.6) is 0 Å². The van der Waals surface area contributed by atoms with E-state index >= 15 is 0 Å². The molecule has 0 bridgehead atoms. The Bertz CT molecular complexity index is 454. The van der Waals surface area contributed by atoms with Crippen LogP contribution in [-0.4, -0.2) is 17.1 Å². The van der Waals surface area contributed by atoms with Gasteiger partial charge in [0.2, 0.25) is 0 Å². The van der Waals surface area contributed by atoms with Crippen LogP contribution in [0.1, 0.15) is 44.1 Å². The molecular weight excluding hydrogens is 256 g/mol. The molecule has 0 heterocycles. The zero-order valence-corrected chi connectivity index (χ0v) is 11.7. The van der Waals surface area contributed by atoms with E-state index in [0.29, 0.717) is 13.2 Å². The average molecular weight is 278 g/mol. The summed E-state index contributed by atoms with van der Waals surface area (Å²) < 4.78 is 5.70. The minimum atomic E-state index is -0.390. The number of ether oxygens (including phenoxy) is 1. The standard InChI is InChI=1S/C15H22N2O3/c16-15(8-3-1-2-4-9-15)12-20-11-13-6-5-7-14(10-13)17(18)19/h5-7,10H,1-4,8-9,11-12,16H2. The highest BCUT2D eigenvalue weighted by Crippen LogP contribution is 2.25. The first kappa shape index (κ1) is 14.9. The molecule has 5 nitrogen and oxygen atoms in total. The molecule has 20 heavy (non-hydrogen) atoms. The Morgan fingerprint density at radius 3 is 2.60 bits per heavy atom. The van der Waals surface area contributed by atoms with Gasteiger partial charge in [-0.3, -0.25) is 10.1 Å². The molecule has 1 saturated carbocycles. The number of hydrogen-bond donors (Lipinski definition) is 1. The maximum Gasteiger partial charge on any atom is 0.269 e. The van der Waals surface area contributed by atoms with Gasteiger partial charge in [-0.2, -0.15) is 0 Å². The van der Waals surface area contributed by atoms with Crippen LogP contribution in [0.15, 0.2) is 24.3 Å². The fraction of sp³-hybridized carbons (Fsp3) is 0.600. The first-order chi connectivity index (χ1) is 9.59. The van der Waals surface area contributed by atoms with Crippen molar-refractivity contribution in [1.29, 1.82) is 0 Å². The summed E-state index contributed by atoms with van der Waals surface area (Å²) in [4.78, 5) is 10.3. The summed E-state index contributed by atoms with van der Waals surface area (Å²) in [6.07, 6.45) is 6.84. The Hall–Kier alpha value is -1.46. The molecule has 1 aromatic carbocycles. The van der Waals surface area contributed by atoms with Crippen molar-refractivity contribution in [2.75, 3.05) is 6.61 Å². The number of nitro benzene ring substituents is 1. The Morgan fingerprint density at radius 1 is 1.25 bits per heavy atom. The number of nitrogens with zero attached hydrogens (tertiary/aromatic N) is 1. The summed E-state index contributed by atoms with van der Waals surface area (Å²) in [6, 6.07) is 6.56. The van der Waals surface area contributed by atoms with Gasteiger partial charge in [-0.05, 0) is 18.4 Å². The van der Waals surface area contributed by atoms with Crippen molar-refractivity contribution in [3.05, 3.63) is 39.9 Å². The second-order valence-corrected chi connectivity index (χ2v) is 5.70. The van der Waals surface area contributed by atoms with Gasteiger partial charge in [-0.1, -0.05) is 37.8 Å². The monoisotopic (exact) mass is 278 g/mol. The van der Waals surface area contributed by atoms with Crippen molar-refractivity contribution in [3.8, 4) is 0 Å². The molecule has 5 heteroatoms. The van der Waals surface area contributed by atoms with Gasteiger partial charge < -0.3 is 10.5 Å². The van der Waals surface area contributed by atoms with Crippen molar-refractivity contribution in [3.63, 3.8) is 0 Å². The number of non-ortho nitro benzene ring substituents is 1. The molecular formula is C15H22N2O3. The second-order valence-electron chi connectivity index (χ2n) is 5.70. The van der Waals surface area contributed by atoms with E-state index in [9.17, 15) is 10.1 Å². The molecule has 110 valence electrons. The van der Waals surface area contributed by atoms with Crippen LogP contribution in [0, 0.1) is 10.1 Å². The largest absolute Gasteiger partial charge is 0.375 e. The molecule has 1 aliphatic carbocycles. The third-order valence-corrected chi connectivity index (χ3v) is 3.88. The smallest absolute Gasteiger partial charge is 0.269 e. The van der Waals surface area contributed by atoms with Gasteiger partial charge in [0.1, 0.15) is 0 Å². The molecule has 0 atom stereocenters. The van der Waals surface area contributed by atoms with Crippen LogP contribution < -0.4 is 5.73 Å². The van der Waals surface area contributed by atoms with Gasteiger partial charge in [0.15, 0.2) is 0 Å². The molecule has 0 radical (unpaired) electrons. The maximum absolute atomic E-state index is 10.7. The molecule has 0 unspecified atom stereocenters. The van der Waals surface area contributed by atoms with Gasteiger partial charge in [-0.15, -0.1) is 0 Å². The third-order valence-electron chi connectivity index (χ3n) is 3.88. The van der Waals surface area contributed by atoms with Crippen molar-refractivity contribution in [2.24, 2.45) is 5.73 Å². The van der Waals surface area contributed by atoms with Crippen LogP contribution >= 0.6 is 0 Å². The van der Waals surface area contributed by atoms with Crippen molar-refractivity contribution < 1.29 is 9.66 Å². The molecule has 0 aliphatic heterocycles. The van der Waals surface area contributed by atoms with Crippen molar-refractivity contribution >= 4 is 5.69 Å². The van der Waals surface area contributed by atoms with E-state index in [-0.39, 0.29) is 16.1 Å². The number of hydrogen-bond acceptors (Lipinski definition) is 4. The fourth-order valence-electron chi connectivity index (χ4n) is 2.71. The van der Waals surface area contributed by atoms with Crippen LogP contribution in [0.4, 0.5) is 5.69 Å². The second kappa shape index (κ2) is 6.81. The van der Waals surface area contributed by atoms with Crippen molar-refractivity contribution in [2.45, 2.75) is 50.7 Å². The van der Waals surface area contributed by atoms with Crippen LogP contribution in [0.25, 0.3) is 0 Å². The topological polar surface area (TPSA) is 78.4 Å². The summed E-state index contributed by atoms with van der Waals surface area (Å²) in [5.41, 5.74) is 7.06. The van der Waals surface area contributed by atoms with Gasteiger partial charge in [0.25, 0.3) is 5.69 Å². The zero-order valence-electron chi connectivity index (χ0n) is 11.7. The molecule has 1 aliphatic rings. The molecule has 0 amide bonds. The van der Waals surface area contributed by atoms with E-state index in [4.69, 9.17) is 10.5 Å². The first-order valence-corrected chi connectivity index (χ1v) is 7.19. The lowest BCUT2D eigenvalue weighted by Gasteiger charge is -2.27. The molecule has 0 saturated heterocycles. The Kier molecular flexibility index (Phi) is 5.09. The predicted octanol–water partition coefficient (Wildman–Crippen LogP) is 3.16. The van der Waals surface area contributed by atoms with Gasteiger partial charge in [0, 0.05) is 17.7 Å². The lowest BCUT2D eigenvalue weighted by Crippen LogP contribution is -2.43. The Labute approximate surface area is 119 Å². The first-order valence-electron chi connectivity index (χ1n) is 7.19. The zero-order chi connectivity index (χ0) is 14.4. The Morgan fingerprint density at radius 2 is 1.95 bits per heavy atom. The van der Waals surface area contributed by atoms with E-state index in [0.717, 1.165) is 31.2 Å². The quantitative estimate of drug-likeness (QED) is 0.510. The predicted molar refractivity (Wildman–Crippen MR) is 77.4 cm³/mol. The van der Waals surface area contributed by atoms with Gasteiger partial charge in [-0.25, -0.2) is 0 Å². The minimum Gasteiger partial charge on any atom is -0.375 e. The highest BCUT2D eigenvalue weighted by Gasteiger charge is 2.26. The number of nitrogens with two attached hydrogens (primary N) is 1. The normalized spacial score (nSPS) is 18.4. The van der Waals surface area contributed by atoms with E-state index < -0.39 is 0 Å². The maximum atomic E-state index is 10.7. The van der Waals surface area contributed by atoms with Gasteiger partial charge in [0.05, 0.1) is 18.1 Å². The fourth-order valence-corrected chi connectivity index (χ4v) is 2.71. The van der Waals surface area contributed by atoms with Crippen molar-refractivity contribution in [1.82, 2.24) is 0 Å². The van der Waals surface area contributed by atoms with Crippen LogP contribution in [-0.2, 0) is 11.3 Å². The Balaban J connectivity index is 1.85. The summed E-state index contributed by atoms with van der Waals surface area (Å²) in [5, 5.41) is 10.7. The minimum absolute atomic E-state index is 0.100. The number of benzene rings is 1. The average Bonchev–Trinajstić information content (AvgIpc) is 2.64. The molecule has 0 spiro atoms. The van der Waals surface area contributed by atoms with Crippen LogP contribution in [0.3, 0.4) is 0 Å². The molecule has 1 fully saturated rings. The van der Waals surface area contributed by atoms with Crippen LogP contribution in [0.2, 0.25) is 0 Å². The summed E-state index contributed by atoms with van der Waals surface area (Å²) in [7, 11) is 0. The van der Waals surface area contributed by atoms with E-state index in [1.807, 2.05) is 6.07 Å². The van der Waals surface area contributed by atoms with E-state index in [1.54, 1.807) is 12.1 Å². The molecule has 1 aromatic rings. The number of rotatable bonds is 5. The summed E-state index contributed by atoms with van der Waals surface area (Å²) >= 11 is 0. The molecule has 2 rings (SSSR count). The highest BCUT2D eigenvalue weighted by atomic mass is 16.6. The van der Waals surface area contributed by atoms with Gasteiger partial charge >= 0.3 is 0 Å². The lowest BCUT2D eigenvalue weighted by atomic mass is 9.92. The SMILES string of the molecule is NC1(COCc2cccc([N+](=O)[O-])c2)CCCCCC1. The highest BCUT2D eigenvalue weighted by molar-refractivity contribution is 5.33.